The number of anilines is 1. The van der Waals surface area contributed by atoms with Crippen LogP contribution in [-0.4, -0.2) is 162 Å². The van der Waals surface area contributed by atoms with E-state index in [4.69, 9.17) is 23.9 Å². The molecule has 4 aromatic rings. The minimum Gasteiger partial charge on any atom is -0.493 e. The van der Waals surface area contributed by atoms with Gasteiger partial charge in [-0.1, -0.05) is 39.8 Å². The van der Waals surface area contributed by atoms with Crippen LogP contribution in [0.2, 0.25) is 0 Å². The molecule has 18 nitrogen and oxygen atoms in total. The summed E-state index contributed by atoms with van der Waals surface area (Å²) < 4.78 is 27.1. The summed E-state index contributed by atoms with van der Waals surface area (Å²) in [4.78, 5) is 85.4. The molecular formula is C60H83N9O9. The smallest absolute Gasteiger partial charge is 0.410 e. The number of cyclic esters (lactones) is 1. The van der Waals surface area contributed by atoms with Gasteiger partial charge in [0.15, 0.2) is 0 Å². The Morgan fingerprint density at radius 3 is 2.33 bits per heavy atom. The molecule has 9 rings (SSSR count). The molecule has 8 bridgehead atoms. The molecular weight excluding hydrogens is 991 g/mol. The lowest BCUT2D eigenvalue weighted by Crippen LogP contribution is -2.62. The monoisotopic (exact) mass is 1070 g/mol. The molecule has 6 heterocycles. The second kappa shape index (κ2) is 22.9. The van der Waals surface area contributed by atoms with Crippen LogP contribution in [-0.2, 0) is 52.8 Å². The Bertz CT molecular complexity index is 2900. The van der Waals surface area contributed by atoms with E-state index in [-0.39, 0.29) is 38.7 Å². The number of rotatable bonds is 8. The van der Waals surface area contributed by atoms with Crippen molar-refractivity contribution in [2.45, 2.75) is 156 Å². The van der Waals surface area contributed by atoms with Crippen molar-refractivity contribution in [3.8, 4) is 28.1 Å². The first-order chi connectivity index (χ1) is 37.0. The molecule has 1 saturated carbocycles. The van der Waals surface area contributed by atoms with E-state index in [1.54, 1.807) is 34.9 Å². The van der Waals surface area contributed by atoms with Crippen molar-refractivity contribution in [3.63, 3.8) is 0 Å². The Morgan fingerprint density at radius 2 is 1.65 bits per heavy atom. The number of hydrazine groups is 1. The van der Waals surface area contributed by atoms with E-state index in [2.05, 4.69) is 70.1 Å². The highest BCUT2D eigenvalue weighted by Gasteiger charge is 2.41. The SMILES string of the molecule is CCn1c(-c2cc(N3CCN(C4CC4)CC3)cnc2[C@H](C)OC)c2c3cc(ccc31)-c1cc3cc(c1)OCC[C@H](N(C)C(=O)OC(C)(C)C)C(=O)N(C)[C@@H](C(C)C)C(=O)N[C@@H](C3)C(=O)N1CCC[C@H](N1)C(=O)OCC(C)(C)C2. The molecule has 2 aromatic heterocycles. The molecule has 2 saturated heterocycles. The van der Waals surface area contributed by atoms with E-state index in [1.807, 2.05) is 45.2 Å². The average Bonchev–Trinajstić information content (AvgIpc) is 4.22. The van der Waals surface area contributed by atoms with Crippen LogP contribution in [0.1, 0.15) is 117 Å². The number of benzene rings is 2. The topological polar surface area (TPSA) is 180 Å². The molecule has 3 fully saturated rings. The first-order valence-corrected chi connectivity index (χ1v) is 28.3. The standard InChI is InChI=1S/C60H83N9O9/c1-13-68-49-19-16-39-31-44(49)46(53(68)45-32-42(34-61-51(45)37(4)75-12)67-24-22-66(23-25-67)41-17-18-41)33-60(8,9)35-77-57(73)47-15-14-21-69(63-47)55(71)48-29-38-27-40(39)30-43(28-38)76-26-20-50(64(10)58(74)78-59(5,6)7)56(72)65(11)52(36(2)3)54(70)62-48/h16,19,27-28,30-32,34,36-37,41,47-48,50,52,63H,13-15,17-18,20-26,29,33,35H2,1-12H3,(H,62,70)/t37-,47-,48-,50-,52-/m0/s1. The number of esters is 1. The van der Waals surface area contributed by atoms with E-state index in [9.17, 15) is 19.2 Å². The lowest BCUT2D eigenvalue weighted by molar-refractivity contribution is -0.155. The molecule has 2 N–H and O–H groups in total. The first-order valence-electron chi connectivity index (χ1n) is 28.3. The summed E-state index contributed by atoms with van der Waals surface area (Å²) in [5, 5.41) is 5.53. The van der Waals surface area contributed by atoms with Gasteiger partial charge in [0.25, 0.3) is 5.91 Å². The third kappa shape index (κ3) is 12.1. The number of hydrogen-bond acceptors (Lipinski definition) is 13. The molecule has 78 heavy (non-hydrogen) atoms. The average molecular weight is 1070 g/mol. The van der Waals surface area contributed by atoms with E-state index in [1.165, 1.54) is 34.7 Å². The highest BCUT2D eigenvalue weighted by Crippen LogP contribution is 2.44. The van der Waals surface area contributed by atoms with Crippen molar-refractivity contribution in [1.29, 1.82) is 0 Å². The quantitative estimate of drug-likeness (QED) is 0.166. The van der Waals surface area contributed by atoms with Crippen LogP contribution in [0.25, 0.3) is 33.3 Å². The zero-order chi connectivity index (χ0) is 56.0. The number of piperazine rings is 1. The molecule has 1 aliphatic carbocycles. The van der Waals surface area contributed by atoms with Crippen molar-refractivity contribution < 1.29 is 42.9 Å². The molecule has 2 aromatic carbocycles. The maximum Gasteiger partial charge on any atom is 0.410 e. The fourth-order valence-corrected chi connectivity index (χ4v) is 11.9. The Balaban J connectivity index is 1.21. The first kappa shape index (κ1) is 56.5. The second-order valence-corrected chi connectivity index (χ2v) is 24.3. The number of likely N-dealkylation sites (N-methyl/N-ethyl adjacent to an activating group) is 2. The van der Waals surface area contributed by atoms with Gasteiger partial charge in [-0.3, -0.25) is 39.0 Å². The van der Waals surface area contributed by atoms with Gasteiger partial charge in [-0.05, 0) is 125 Å². The molecule has 18 heteroatoms. The number of ether oxygens (including phenoxy) is 4. The summed E-state index contributed by atoms with van der Waals surface area (Å²) in [6, 6.07) is 11.3. The van der Waals surface area contributed by atoms with Gasteiger partial charge in [-0.2, -0.15) is 0 Å². The lowest BCUT2D eigenvalue weighted by atomic mass is 9.84. The van der Waals surface area contributed by atoms with Gasteiger partial charge >= 0.3 is 12.1 Å². The number of aryl methyl sites for hydroxylation is 1. The number of pyridine rings is 1. The van der Waals surface area contributed by atoms with Gasteiger partial charge in [0.2, 0.25) is 11.8 Å². The Morgan fingerprint density at radius 1 is 0.910 bits per heavy atom. The number of nitrogens with zero attached hydrogens (tertiary/aromatic N) is 7. The van der Waals surface area contributed by atoms with Gasteiger partial charge in [0.05, 0.1) is 42.6 Å². The third-order valence-electron chi connectivity index (χ3n) is 16.2. The maximum atomic E-state index is 15.0. The number of carbonyl (C=O) groups is 5. The summed E-state index contributed by atoms with van der Waals surface area (Å²) in [5.74, 6) is -1.85. The fraction of sp³-hybridized carbons (Fsp3) is 0.600. The maximum absolute atomic E-state index is 15.0. The van der Waals surface area contributed by atoms with E-state index >= 15 is 4.79 Å². The summed E-state index contributed by atoms with van der Waals surface area (Å²) in [6.07, 6.45) is 5.20. The number of amides is 4. The summed E-state index contributed by atoms with van der Waals surface area (Å²) >= 11 is 0. The number of methoxy groups -OCH3 is 1. The largest absolute Gasteiger partial charge is 0.493 e. The van der Waals surface area contributed by atoms with Crippen molar-refractivity contribution in [3.05, 3.63) is 65.5 Å². The molecule has 5 aliphatic rings. The molecule has 4 aliphatic heterocycles. The Kier molecular flexibility index (Phi) is 16.5. The summed E-state index contributed by atoms with van der Waals surface area (Å²) in [6.45, 7) is 22.3. The molecule has 422 valence electrons. The van der Waals surface area contributed by atoms with Crippen molar-refractivity contribution in [2.24, 2.45) is 11.3 Å². The van der Waals surface area contributed by atoms with Crippen LogP contribution in [0, 0.1) is 11.3 Å². The van der Waals surface area contributed by atoms with Crippen LogP contribution in [0.3, 0.4) is 0 Å². The minimum absolute atomic E-state index is 0.0306. The van der Waals surface area contributed by atoms with Gasteiger partial charge in [0.1, 0.15) is 35.5 Å². The van der Waals surface area contributed by atoms with Gasteiger partial charge in [-0.15, -0.1) is 0 Å². The summed E-state index contributed by atoms with van der Waals surface area (Å²) in [5.41, 5.74) is 10.3. The summed E-state index contributed by atoms with van der Waals surface area (Å²) in [7, 11) is 4.78. The zero-order valence-corrected chi connectivity index (χ0v) is 48.1. The Hall–Kier alpha value is -6.24. The molecule has 0 spiro atoms. The van der Waals surface area contributed by atoms with Crippen molar-refractivity contribution in [1.82, 2.24) is 40.0 Å². The number of fused-ring (bicyclic) bond motifs is 7. The lowest BCUT2D eigenvalue weighted by Gasteiger charge is -2.38. The molecule has 0 radical (unpaired) electrons. The number of carbonyl (C=O) groups excluding carboxylic acids is 5. The van der Waals surface area contributed by atoms with Crippen molar-refractivity contribution in [2.75, 3.05) is 72.0 Å². The minimum atomic E-state index is -1.14. The second-order valence-electron chi connectivity index (χ2n) is 24.3. The highest BCUT2D eigenvalue weighted by atomic mass is 16.6. The van der Waals surface area contributed by atoms with Crippen LogP contribution < -0.4 is 20.4 Å². The molecule has 0 unspecified atom stereocenters. The number of hydrogen-bond donors (Lipinski definition) is 2. The fourth-order valence-electron chi connectivity index (χ4n) is 11.9. The van der Waals surface area contributed by atoms with Gasteiger partial charge in [0, 0.05) is 101 Å². The Labute approximate surface area is 460 Å². The van der Waals surface area contributed by atoms with E-state index < -0.39 is 70.9 Å². The van der Waals surface area contributed by atoms with E-state index in [0.29, 0.717) is 43.2 Å². The number of nitrogens with one attached hydrogen (secondary N) is 2. The van der Waals surface area contributed by atoms with Crippen LogP contribution in [0.4, 0.5) is 10.5 Å². The third-order valence-corrected chi connectivity index (χ3v) is 16.2. The van der Waals surface area contributed by atoms with E-state index in [0.717, 1.165) is 76.4 Å². The van der Waals surface area contributed by atoms with Crippen LogP contribution >= 0.6 is 0 Å². The zero-order valence-electron chi connectivity index (χ0n) is 48.1. The van der Waals surface area contributed by atoms with Gasteiger partial charge in [-0.25, -0.2) is 10.2 Å². The van der Waals surface area contributed by atoms with Crippen LogP contribution in [0.15, 0.2) is 48.7 Å². The predicted octanol–water partition coefficient (Wildman–Crippen LogP) is 7.53. The van der Waals surface area contributed by atoms with Crippen molar-refractivity contribution >= 4 is 46.4 Å². The highest BCUT2D eigenvalue weighted by molar-refractivity contribution is 5.97. The van der Waals surface area contributed by atoms with Gasteiger partial charge < -0.3 is 38.6 Å². The number of aromatic nitrogens is 2. The predicted molar refractivity (Wildman–Crippen MR) is 300 cm³/mol. The normalized spacial score (nSPS) is 23.4. The van der Waals surface area contributed by atoms with Crippen LogP contribution in [0.5, 0.6) is 5.75 Å². The molecule has 4 amide bonds. The molecule has 5 atom stereocenters.